The van der Waals surface area contributed by atoms with Crippen LogP contribution in [0.1, 0.15) is 27.5 Å². The second-order valence-electron chi connectivity index (χ2n) is 4.94. The van der Waals surface area contributed by atoms with Gasteiger partial charge in [0.1, 0.15) is 5.75 Å². The third-order valence-electron chi connectivity index (χ3n) is 3.43. The number of carbonyl (C=O) groups is 1. The Labute approximate surface area is 134 Å². The molecule has 0 aliphatic rings. The minimum Gasteiger partial charge on any atom is -0.496 e. The van der Waals surface area contributed by atoms with Crippen LogP contribution in [-0.4, -0.2) is 24.7 Å². The predicted octanol–water partition coefficient (Wildman–Crippen LogP) is 3.12. The second-order valence-corrected chi connectivity index (χ2v) is 5.38. The van der Waals surface area contributed by atoms with Gasteiger partial charge >= 0.3 is 0 Å². The SMILES string of the molecule is COc1cc(C(=O)NC(CO)c2ccc(Cl)cc2)ccc1C. The van der Waals surface area contributed by atoms with Crippen LogP contribution in [0.2, 0.25) is 5.02 Å². The average Bonchev–Trinajstić information content (AvgIpc) is 2.53. The van der Waals surface area contributed by atoms with Crippen molar-refractivity contribution in [3.05, 3.63) is 64.2 Å². The Morgan fingerprint density at radius 2 is 1.95 bits per heavy atom. The molecule has 0 saturated heterocycles. The van der Waals surface area contributed by atoms with Crippen molar-refractivity contribution in [3.63, 3.8) is 0 Å². The molecule has 0 heterocycles. The van der Waals surface area contributed by atoms with Crippen molar-refractivity contribution in [2.24, 2.45) is 0 Å². The standard InChI is InChI=1S/C17H18ClNO3/c1-11-3-4-13(9-16(11)22-2)17(21)19-15(10-20)12-5-7-14(18)8-6-12/h3-9,15,20H,10H2,1-2H3,(H,19,21). The van der Waals surface area contributed by atoms with Crippen molar-refractivity contribution in [1.82, 2.24) is 5.32 Å². The van der Waals surface area contributed by atoms with Gasteiger partial charge in [-0.2, -0.15) is 0 Å². The molecule has 0 fully saturated rings. The van der Waals surface area contributed by atoms with E-state index in [1.165, 1.54) is 0 Å². The molecule has 2 aromatic carbocycles. The first-order valence-corrected chi connectivity index (χ1v) is 7.24. The van der Waals surface area contributed by atoms with E-state index in [9.17, 15) is 9.90 Å². The number of nitrogens with one attached hydrogen (secondary N) is 1. The molecule has 4 nitrogen and oxygen atoms in total. The Morgan fingerprint density at radius 3 is 2.55 bits per heavy atom. The second kappa shape index (κ2) is 7.29. The maximum absolute atomic E-state index is 12.3. The molecule has 2 rings (SSSR count). The lowest BCUT2D eigenvalue weighted by molar-refractivity contribution is 0.0916. The summed E-state index contributed by atoms with van der Waals surface area (Å²) in [6.45, 7) is 1.71. The van der Waals surface area contributed by atoms with Gasteiger partial charge in [0, 0.05) is 10.6 Å². The molecule has 0 aromatic heterocycles. The molecule has 0 spiro atoms. The maximum atomic E-state index is 12.3. The van der Waals surface area contributed by atoms with Gasteiger partial charge in [-0.05, 0) is 42.3 Å². The molecule has 0 saturated carbocycles. The number of aliphatic hydroxyl groups is 1. The van der Waals surface area contributed by atoms with Crippen molar-refractivity contribution in [2.45, 2.75) is 13.0 Å². The van der Waals surface area contributed by atoms with Crippen molar-refractivity contribution >= 4 is 17.5 Å². The van der Waals surface area contributed by atoms with Crippen molar-refractivity contribution in [3.8, 4) is 5.75 Å². The van der Waals surface area contributed by atoms with Gasteiger partial charge < -0.3 is 15.2 Å². The summed E-state index contributed by atoms with van der Waals surface area (Å²) >= 11 is 5.85. The highest BCUT2D eigenvalue weighted by Crippen LogP contribution is 2.20. The van der Waals surface area contributed by atoms with Crippen molar-refractivity contribution in [1.29, 1.82) is 0 Å². The monoisotopic (exact) mass is 319 g/mol. The van der Waals surface area contributed by atoms with E-state index in [1.807, 2.05) is 13.0 Å². The van der Waals surface area contributed by atoms with E-state index >= 15 is 0 Å². The molecule has 2 aromatic rings. The van der Waals surface area contributed by atoms with Crippen LogP contribution >= 0.6 is 11.6 Å². The molecule has 0 bridgehead atoms. The number of hydrogen-bond donors (Lipinski definition) is 2. The minimum atomic E-state index is -0.489. The Balaban J connectivity index is 2.17. The lowest BCUT2D eigenvalue weighted by Crippen LogP contribution is -2.30. The number of halogens is 1. The minimum absolute atomic E-state index is 0.198. The van der Waals surface area contributed by atoms with Crippen LogP contribution in [0.3, 0.4) is 0 Å². The molecule has 22 heavy (non-hydrogen) atoms. The Kier molecular flexibility index (Phi) is 5.41. The average molecular weight is 320 g/mol. The zero-order chi connectivity index (χ0) is 16.1. The molecule has 116 valence electrons. The zero-order valence-corrected chi connectivity index (χ0v) is 13.2. The Bertz CT molecular complexity index is 655. The fourth-order valence-corrected chi connectivity index (χ4v) is 2.26. The number of aliphatic hydroxyl groups excluding tert-OH is 1. The van der Waals surface area contributed by atoms with Gasteiger partial charge in [0.05, 0.1) is 19.8 Å². The molecular weight excluding hydrogens is 302 g/mol. The Morgan fingerprint density at radius 1 is 1.27 bits per heavy atom. The summed E-state index contributed by atoms with van der Waals surface area (Å²) in [6.07, 6.45) is 0. The number of methoxy groups -OCH3 is 1. The van der Waals surface area contributed by atoms with Crippen LogP contribution in [0.25, 0.3) is 0 Å². The summed E-state index contributed by atoms with van der Waals surface area (Å²) in [6, 6.07) is 11.7. The maximum Gasteiger partial charge on any atom is 0.251 e. The highest BCUT2D eigenvalue weighted by atomic mass is 35.5. The van der Waals surface area contributed by atoms with Crippen LogP contribution < -0.4 is 10.1 Å². The van der Waals surface area contributed by atoms with E-state index in [-0.39, 0.29) is 12.5 Å². The number of amides is 1. The van der Waals surface area contributed by atoms with Gasteiger partial charge in [-0.1, -0.05) is 29.8 Å². The van der Waals surface area contributed by atoms with E-state index in [0.717, 1.165) is 11.1 Å². The number of aryl methyl sites for hydroxylation is 1. The van der Waals surface area contributed by atoms with E-state index in [4.69, 9.17) is 16.3 Å². The fraction of sp³-hybridized carbons (Fsp3) is 0.235. The van der Waals surface area contributed by atoms with Crippen molar-refractivity contribution in [2.75, 3.05) is 13.7 Å². The molecule has 5 heteroatoms. The highest BCUT2D eigenvalue weighted by Gasteiger charge is 2.16. The van der Waals surface area contributed by atoms with E-state index in [2.05, 4.69) is 5.32 Å². The van der Waals surface area contributed by atoms with Gasteiger partial charge in [-0.15, -0.1) is 0 Å². The summed E-state index contributed by atoms with van der Waals surface area (Å²) in [5, 5.41) is 12.9. The zero-order valence-electron chi connectivity index (χ0n) is 12.5. The molecule has 1 amide bonds. The third kappa shape index (κ3) is 3.78. The van der Waals surface area contributed by atoms with Gasteiger partial charge in [-0.25, -0.2) is 0 Å². The lowest BCUT2D eigenvalue weighted by atomic mass is 10.1. The number of carbonyl (C=O) groups excluding carboxylic acids is 1. The van der Waals surface area contributed by atoms with Gasteiger partial charge in [0.25, 0.3) is 5.91 Å². The quantitative estimate of drug-likeness (QED) is 0.890. The predicted molar refractivity (Wildman–Crippen MR) is 86.5 cm³/mol. The molecular formula is C17H18ClNO3. The van der Waals surface area contributed by atoms with Crippen LogP contribution in [0.4, 0.5) is 0 Å². The number of rotatable bonds is 5. The van der Waals surface area contributed by atoms with Crippen molar-refractivity contribution < 1.29 is 14.6 Å². The molecule has 0 aliphatic carbocycles. The van der Waals surface area contributed by atoms with Crippen LogP contribution in [-0.2, 0) is 0 Å². The van der Waals surface area contributed by atoms with Crippen LogP contribution in [0.15, 0.2) is 42.5 Å². The summed E-state index contributed by atoms with van der Waals surface area (Å²) < 4.78 is 5.22. The van der Waals surface area contributed by atoms with Gasteiger partial charge in [-0.3, -0.25) is 4.79 Å². The first-order chi connectivity index (χ1) is 10.5. The summed E-state index contributed by atoms with van der Waals surface area (Å²) in [7, 11) is 1.56. The largest absolute Gasteiger partial charge is 0.496 e. The summed E-state index contributed by atoms with van der Waals surface area (Å²) in [4.78, 5) is 12.3. The van der Waals surface area contributed by atoms with Gasteiger partial charge in [0.15, 0.2) is 0 Å². The van der Waals surface area contributed by atoms with E-state index in [1.54, 1.807) is 43.5 Å². The summed E-state index contributed by atoms with van der Waals surface area (Å²) in [5.41, 5.74) is 2.23. The molecule has 0 radical (unpaired) electrons. The van der Waals surface area contributed by atoms with E-state index < -0.39 is 6.04 Å². The first-order valence-electron chi connectivity index (χ1n) is 6.87. The fourth-order valence-electron chi connectivity index (χ4n) is 2.13. The topological polar surface area (TPSA) is 58.6 Å². The molecule has 2 N–H and O–H groups in total. The smallest absolute Gasteiger partial charge is 0.251 e. The molecule has 1 atom stereocenters. The lowest BCUT2D eigenvalue weighted by Gasteiger charge is -2.17. The number of ether oxygens (including phenoxy) is 1. The van der Waals surface area contributed by atoms with Crippen LogP contribution in [0.5, 0.6) is 5.75 Å². The van der Waals surface area contributed by atoms with Crippen LogP contribution in [0, 0.1) is 6.92 Å². The summed E-state index contributed by atoms with van der Waals surface area (Å²) in [5.74, 6) is 0.381. The first kappa shape index (κ1) is 16.3. The molecule has 1 unspecified atom stereocenters. The Hall–Kier alpha value is -2.04. The third-order valence-corrected chi connectivity index (χ3v) is 3.68. The number of hydrogen-bond acceptors (Lipinski definition) is 3. The normalized spacial score (nSPS) is 11.8. The highest BCUT2D eigenvalue weighted by molar-refractivity contribution is 6.30. The molecule has 0 aliphatic heterocycles. The number of benzene rings is 2. The van der Waals surface area contributed by atoms with Gasteiger partial charge in [0.2, 0.25) is 0 Å². The van der Waals surface area contributed by atoms with E-state index in [0.29, 0.717) is 16.3 Å².